The van der Waals surface area contributed by atoms with Crippen LogP contribution in [0.2, 0.25) is 3.93 Å². The van der Waals surface area contributed by atoms with Crippen molar-refractivity contribution >= 4 is 5.97 Å². The molecule has 2 nitrogen and oxygen atoms in total. The summed E-state index contributed by atoms with van der Waals surface area (Å²) in [4.78, 5) is 10.5. The molecular formula is C6H12HgO2. The summed E-state index contributed by atoms with van der Waals surface area (Å²) in [6.45, 7) is 3.96. The number of carbonyl (C=O) groups is 1. The van der Waals surface area contributed by atoms with E-state index in [1.807, 2.05) is 6.92 Å². The van der Waals surface area contributed by atoms with Crippen LogP contribution in [0, 0.1) is 0 Å². The first-order valence-corrected chi connectivity index (χ1v) is 9.60. The van der Waals surface area contributed by atoms with E-state index in [2.05, 4.69) is 6.92 Å². The molecule has 50 valence electrons. The molecule has 0 fully saturated rings. The monoisotopic (exact) mass is 318 g/mol. The van der Waals surface area contributed by atoms with Gasteiger partial charge in [0, 0.05) is 0 Å². The third-order valence-corrected chi connectivity index (χ3v) is 6.97. The summed E-state index contributed by atoms with van der Waals surface area (Å²) < 4.78 is 6.22. The Morgan fingerprint density at radius 3 is 2.67 bits per heavy atom. The first kappa shape index (κ1) is 9.41. The van der Waals surface area contributed by atoms with Crippen molar-refractivity contribution in [2.24, 2.45) is 0 Å². The van der Waals surface area contributed by atoms with Crippen LogP contribution in [-0.2, 0) is 32.5 Å². The summed E-state index contributed by atoms with van der Waals surface area (Å²) >= 11 is -1.15. The van der Waals surface area contributed by atoms with Gasteiger partial charge in [0.1, 0.15) is 0 Å². The Bertz CT molecular complexity index is 83.1. The van der Waals surface area contributed by atoms with Crippen molar-refractivity contribution in [3.05, 3.63) is 0 Å². The molecule has 0 unspecified atom stereocenters. The summed E-state index contributed by atoms with van der Waals surface area (Å²) in [5.41, 5.74) is 0. The molecule has 0 bridgehead atoms. The molecule has 0 amide bonds. The van der Waals surface area contributed by atoms with E-state index in [9.17, 15) is 4.79 Å². The number of rotatable bonds is 4. The van der Waals surface area contributed by atoms with E-state index in [0.29, 0.717) is 6.42 Å². The van der Waals surface area contributed by atoms with Crippen LogP contribution in [0.5, 0.6) is 0 Å². The van der Waals surface area contributed by atoms with E-state index in [0.717, 1.165) is 0 Å². The van der Waals surface area contributed by atoms with Crippen molar-refractivity contribution in [3.63, 3.8) is 0 Å². The van der Waals surface area contributed by atoms with Gasteiger partial charge in [-0.05, 0) is 0 Å². The van der Waals surface area contributed by atoms with Gasteiger partial charge in [-0.25, -0.2) is 0 Å². The first-order valence-electron chi connectivity index (χ1n) is 3.46. The molecule has 0 aliphatic heterocycles. The van der Waals surface area contributed by atoms with E-state index in [1.54, 1.807) is 0 Å². The fourth-order valence-corrected chi connectivity index (χ4v) is 3.79. The summed E-state index contributed by atoms with van der Waals surface area (Å²) in [7, 11) is 0. The summed E-state index contributed by atoms with van der Waals surface area (Å²) in [5.74, 6) is 0.00474. The second-order valence-electron chi connectivity index (χ2n) is 1.93. The van der Waals surface area contributed by atoms with E-state index < -0.39 is 25.0 Å². The molecule has 0 aromatic rings. The van der Waals surface area contributed by atoms with E-state index in [1.165, 1.54) is 10.4 Å². The topological polar surface area (TPSA) is 26.3 Å². The maximum atomic E-state index is 10.5. The fourth-order valence-electron chi connectivity index (χ4n) is 0.432. The average Bonchev–Trinajstić information content (AvgIpc) is 1.89. The molecule has 0 aromatic carbocycles. The van der Waals surface area contributed by atoms with Gasteiger partial charge in [-0.2, -0.15) is 0 Å². The average molecular weight is 317 g/mol. The van der Waals surface area contributed by atoms with Gasteiger partial charge in [-0.15, -0.1) is 0 Å². The van der Waals surface area contributed by atoms with Crippen molar-refractivity contribution in [2.45, 2.75) is 30.6 Å². The summed E-state index contributed by atoms with van der Waals surface area (Å²) in [6.07, 6.45) is 1.72. The molecule has 0 saturated heterocycles. The van der Waals surface area contributed by atoms with E-state index in [4.69, 9.17) is 2.64 Å². The first-order chi connectivity index (χ1) is 4.31. The van der Waals surface area contributed by atoms with Gasteiger partial charge in [0.15, 0.2) is 0 Å². The van der Waals surface area contributed by atoms with Gasteiger partial charge >= 0.3 is 69.1 Å². The van der Waals surface area contributed by atoms with Crippen LogP contribution in [0.25, 0.3) is 0 Å². The Balaban J connectivity index is 2.97. The minimum absolute atomic E-state index is 0.00474. The molecular weight excluding hydrogens is 305 g/mol. The van der Waals surface area contributed by atoms with Crippen LogP contribution in [0.15, 0.2) is 0 Å². The predicted molar refractivity (Wildman–Crippen MR) is 31.5 cm³/mol. The van der Waals surface area contributed by atoms with Gasteiger partial charge in [0.25, 0.3) is 0 Å². The molecule has 0 aromatic heterocycles. The Labute approximate surface area is 69.1 Å². The van der Waals surface area contributed by atoms with Crippen molar-refractivity contribution < 1.29 is 32.5 Å². The van der Waals surface area contributed by atoms with Crippen molar-refractivity contribution in [1.29, 1.82) is 0 Å². The molecule has 0 saturated carbocycles. The third-order valence-electron chi connectivity index (χ3n) is 1.05. The molecule has 0 atom stereocenters. The van der Waals surface area contributed by atoms with Crippen molar-refractivity contribution in [2.75, 3.05) is 0 Å². The Hall–Kier alpha value is 0.405. The third kappa shape index (κ3) is 6.29. The normalized spacial score (nSPS) is 8.22. The number of hydrogen-bond donors (Lipinski definition) is 0. The molecule has 0 radical (unpaired) electrons. The van der Waals surface area contributed by atoms with Gasteiger partial charge < -0.3 is 0 Å². The maximum absolute atomic E-state index is 10.5. The molecule has 0 heterocycles. The quantitative estimate of drug-likeness (QED) is 0.583. The molecule has 0 N–H and O–H groups in total. The van der Waals surface area contributed by atoms with Crippen molar-refractivity contribution in [1.82, 2.24) is 0 Å². The SMILES string of the molecule is CC[CH2][Hg][O]C(=O)CC. The second kappa shape index (κ2) is 6.52. The van der Waals surface area contributed by atoms with Crippen LogP contribution in [-0.4, -0.2) is 5.97 Å². The Morgan fingerprint density at radius 2 is 2.22 bits per heavy atom. The minimum atomic E-state index is -1.15. The van der Waals surface area contributed by atoms with Gasteiger partial charge in [0.2, 0.25) is 0 Å². The van der Waals surface area contributed by atoms with Crippen LogP contribution in [0.1, 0.15) is 26.7 Å². The standard InChI is InChI=1S/C3H6O2.C3H7.Hg/c1-2-3(4)5;1-3-2;/h2H2,1H3,(H,4,5);1,3H2,2H3;/q;;+1/p-1. The van der Waals surface area contributed by atoms with Crippen LogP contribution < -0.4 is 0 Å². The van der Waals surface area contributed by atoms with Gasteiger partial charge in [-0.3, -0.25) is 0 Å². The summed E-state index contributed by atoms with van der Waals surface area (Å²) in [5, 5.41) is 0. The van der Waals surface area contributed by atoms with E-state index in [-0.39, 0.29) is 5.97 Å². The second-order valence-corrected chi connectivity index (χ2v) is 7.39. The Kier molecular flexibility index (Phi) is 6.82. The van der Waals surface area contributed by atoms with Crippen molar-refractivity contribution in [3.8, 4) is 0 Å². The zero-order valence-corrected chi connectivity index (χ0v) is 11.6. The number of hydrogen-bond acceptors (Lipinski definition) is 2. The molecule has 0 aliphatic carbocycles. The van der Waals surface area contributed by atoms with Gasteiger partial charge in [-0.1, -0.05) is 0 Å². The zero-order chi connectivity index (χ0) is 7.11. The summed E-state index contributed by atoms with van der Waals surface area (Å²) in [6, 6.07) is 0. The molecule has 0 aliphatic rings. The fraction of sp³-hybridized carbons (Fsp3) is 0.833. The van der Waals surface area contributed by atoms with E-state index >= 15 is 0 Å². The molecule has 0 spiro atoms. The molecule has 3 heteroatoms. The molecule has 9 heavy (non-hydrogen) atoms. The van der Waals surface area contributed by atoms with Crippen LogP contribution >= 0.6 is 0 Å². The molecule has 0 rings (SSSR count). The Morgan fingerprint density at radius 1 is 1.56 bits per heavy atom. The zero-order valence-electron chi connectivity index (χ0n) is 6.14. The van der Waals surface area contributed by atoms with Gasteiger partial charge in [0.05, 0.1) is 0 Å². The van der Waals surface area contributed by atoms with Crippen LogP contribution in [0.4, 0.5) is 0 Å². The number of carbonyl (C=O) groups excluding carboxylic acids is 1. The van der Waals surface area contributed by atoms with Crippen LogP contribution in [0.3, 0.4) is 0 Å². The predicted octanol–water partition coefficient (Wildman–Crippen LogP) is 1.77.